The van der Waals surface area contributed by atoms with Crippen LogP contribution in [-0.4, -0.2) is 18.1 Å². The van der Waals surface area contributed by atoms with Crippen molar-refractivity contribution in [3.05, 3.63) is 98.8 Å². The van der Waals surface area contributed by atoms with Gasteiger partial charge in [0.15, 0.2) is 0 Å². The first-order valence-corrected chi connectivity index (χ1v) is 12.4. The zero-order chi connectivity index (χ0) is 24.8. The average molecular weight is 582 g/mol. The van der Waals surface area contributed by atoms with Gasteiger partial charge in [0.2, 0.25) is 5.76 Å². The number of hydrogen-bond acceptors (Lipinski definition) is 5. The number of carbonyl (C=O) groups is 1. The molecule has 1 heterocycles. The van der Waals surface area contributed by atoms with Crippen molar-refractivity contribution in [2.45, 2.75) is 33.0 Å². The van der Waals surface area contributed by atoms with Gasteiger partial charge in [-0.3, -0.25) is 4.79 Å². The molecule has 0 aliphatic rings. The van der Waals surface area contributed by atoms with Crippen LogP contribution in [0.5, 0.6) is 11.5 Å². The van der Waals surface area contributed by atoms with Gasteiger partial charge in [0.25, 0.3) is 5.91 Å². The van der Waals surface area contributed by atoms with E-state index >= 15 is 0 Å². The van der Waals surface area contributed by atoms with Crippen LogP contribution in [0, 0.1) is 3.57 Å². The second-order valence-corrected chi connectivity index (χ2v) is 9.42. The quantitative estimate of drug-likeness (QED) is 0.226. The van der Waals surface area contributed by atoms with Crippen LogP contribution < -0.4 is 14.8 Å². The summed E-state index contributed by atoms with van der Waals surface area (Å²) in [6, 6.07) is 23.9. The summed E-state index contributed by atoms with van der Waals surface area (Å²) in [5.74, 6) is 1.39. The summed E-state index contributed by atoms with van der Waals surface area (Å²) in [4.78, 5) is 12.2. The van der Waals surface area contributed by atoms with Crippen molar-refractivity contribution in [2.24, 2.45) is 0 Å². The van der Waals surface area contributed by atoms with Gasteiger partial charge < -0.3 is 19.3 Å². The maximum Gasteiger partial charge on any atom is 0.290 e. The van der Waals surface area contributed by atoms with Crippen LogP contribution in [0.1, 0.15) is 47.0 Å². The summed E-state index contributed by atoms with van der Waals surface area (Å²) < 4.78 is 18.6. The Morgan fingerprint density at radius 2 is 1.51 bits per heavy atom. The molecule has 0 fully saturated rings. The van der Waals surface area contributed by atoms with Crippen LogP contribution in [0.25, 0.3) is 11.3 Å². The molecule has 4 aromatic rings. The van der Waals surface area contributed by atoms with Crippen molar-refractivity contribution in [3.63, 3.8) is 0 Å². The Hall–Kier alpha value is -3.33. The van der Waals surface area contributed by atoms with E-state index in [1.54, 1.807) is 7.05 Å². The molecule has 3 aromatic carbocycles. The molecule has 0 aliphatic carbocycles. The third kappa shape index (κ3) is 5.85. The van der Waals surface area contributed by atoms with Gasteiger partial charge in [-0.2, -0.15) is 0 Å². The fourth-order valence-electron chi connectivity index (χ4n) is 3.63. The van der Waals surface area contributed by atoms with Gasteiger partial charge in [-0.1, -0.05) is 79.7 Å². The number of amides is 1. The van der Waals surface area contributed by atoms with Gasteiger partial charge in [-0.05, 0) is 51.3 Å². The maximum absolute atomic E-state index is 12.2. The summed E-state index contributed by atoms with van der Waals surface area (Å²) in [7, 11) is 1.56. The normalized spacial score (nSPS) is 10.9. The Morgan fingerprint density at radius 3 is 2.06 bits per heavy atom. The molecule has 0 bridgehead atoms. The number of rotatable bonds is 9. The highest BCUT2D eigenvalue weighted by molar-refractivity contribution is 14.1. The standard InChI is InChI=1S/C28H27IN2O4/c1-18(2)21-14-22(26-25(29)27(35-31-26)28(32)30-3)24(34-17-20-12-8-5-9-13-20)15-23(21)33-16-19-10-6-4-7-11-19/h4-15,18H,16-17H2,1-3H3,(H,30,32). The largest absolute Gasteiger partial charge is 0.488 e. The third-order valence-corrected chi connectivity index (χ3v) is 6.53. The number of aromatic nitrogens is 1. The lowest BCUT2D eigenvalue weighted by molar-refractivity contribution is 0.0925. The maximum atomic E-state index is 12.2. The summed E-state index contributed by atoms with van der Waals surface area (Å²) in [5, 5.41) is 6.82. The highest BCUT2D eigenvalue weighted by Gasteiger charge is 2.25. The highest BCUT2D eigenvalue weighted by Crippen LogP contribution is 2.41. The molecule has 0 spiro atoms. The van der Waals surface area contributed by atoms with E-state index in [1.165, 1.54) is 0 Å². The molecule has 6 nitrogen and oxygen atoms in total. The van der Waals surface area contributed by atoms with Gasteiger partial charge in [0, 0.05) is 18.7 Å². The van der Waals surface area contributed by atoms with E-state index in [1.807, 2.05) is 72.8 Å². The Morgan fingerprint density at radius 1 is 0.943 bits per heavy atom. The lowest BCUT2D eigenvalue weighted by Gasteiger charge is -2.19. The lowest BCUT2D eigenvalue weighted by Crippen LogP contribution is -2.18. The summed E-state index contributed by atoms with van der Waals surface area (Å²) in [5.41, 5.74) is 4.45. The van der Waals surface area contributed by atoms with E-state index in [0.717, 1.165) is 28.0 Å². The van der Waals surface area contributed by atoms with Crippen molar-refractivity contribution < 1.29 is 18.8 Å². The van der Waals surface area contributed by atoms with Crippen LogP contribution in [0.15, 0.2) is 77.3 Å². The molecular formula is C28H27IN2O4. The van der Waals surface area contributed by atoms with Gasteiger partial charge in [0.05, 0.1) is 3.57 Å². The van der Waals surface area contributed by atoms with E-state index in [-0.39, 0.29) is 17.6 Å². The molecule has 1 N–H and O–H groups in total. The molecule has 1 aromatic heterocycles. The minimum absolute atomic E-state index is 0.174. The topological polar surface area (TPSA) is 73.6 Å². The fraction of sp³-hybridized carbons (Fsp3) is 0.214. The molecule has 0 saturated heterocycles. The zero-order valence-corrected chi connectivity index (χ0v) is 22.0. The van der Waals surface area contributed by atoms with E-state index in [0.29, 0.717) is 28.2 Å². The number of nitrogens with one attached hydrogen (secondary N) is 1. The number of halogens is 1. The predicted octanol–water partition coefficient (Wildman–Crippen LogP) is 6.59. The predicted molar refractivity (Wildman–Crippen MR) is 144 cm³/mol. The van der Waals surface area contributed by atoms with Crippen molar-refractivity contribution in [3.8, 4) is 22.8 Å². The van der Waals surface area contributed by atoms with Crippen LogP contribution in [0.4, 0.5) is 0 Å². The monoisotopic (exact) mass is 582 g/mol. The van der Waals surface area contributed by atoms with Gasteiger partial charge >= 0.3 is 0 Å². The Bertz CT molecular complexity index is 1290. The first kappa shape index (κ1) is 24.8. The Balaban J connectivity index is 1.76. The minimum atomic E-state index is -0.327. The van der Waals surface area contributed by atoms with Crippen molar-refractivity contribution in [1.29, 1.82) is 0 Å². The molecule has 0 aliphatic heterocycles. The fourth-order valence-corrected chi connectivity index (χ4v) is 4.36. The number of benzene rings is 3. The third-order valence-electron chi connectivity index (χ3n) is 5.53. The van der Waals surface area contributed by atoms with E-state index in [2.05, 4.69) is 46.9 Å². The molecule has 0 unspecified atom stereocenters. The number of nitrogens with zero attached hydrogens (tertiary/aromatic N) is 1. The number of hydrogen-bond donors (Lipinski definition) is 1. The Kier molecular flexibility index (Phi) is 8.07. The van der Waals surface area contributed by atoms with Crippen molar-refractivity contribution in [1.82, 2.24) is 10.5 Å². The second kappa shape index (κ2) is 11.4. The van der Waals surface area contributed by atoms with E-state index in [9.17, 15) is 4.79 Å². The summed E-state index contributed by atoms with van der Waals surface area (Å²) in [6.45, 7) is 5.05. The van der Waals surface area contributed by atoms with Crippen LogP contribution in [0.3, 0.4) is 0 Å². The SMILES string of the molecule is CNC(=O)c1onc(-c2cc(C(C)C)c(OCc3ccccc3)cc2OCc2ccccc2)c1I. The molecular weight excluding hydrogens is 555 g/mol. The highest BCUT2D eigenvalue weighted by atomic mass is 127. The molecule has 0 radical (unpaired) electrons. The first-order valence-electron chi connectivity index (χ1n) is 11.4. The molecule has 0 atom stereocenters. The van der Waals surface area contributed by atoms with Crippen LogP contribution in [-0.2, 0) is 13.2 Å². The van der Waals surface area contributed by atoms with Crippen molar-refractivity contribution in [2.75, 3.05) is 7.05 Å². The summed E-state index contributed by atoms with van der Waals surface area (Å²) >= 11 is 2.09. The molecule has 35 heavy (non-hydrogen) atoms. The van der Waals surface area contributed by atoms with Gasteiger partial charge in [-0.15, -0.1) is 0 Å². The number of ether oxygens (including phenoxy) is 2. The van der Waals surface area contributed by atoms with Gasteiger partial charge in [0.1, 0.15) is 30.4 Å². The summed E-state index contributed by atoms with van der Waals surface area (Å²) in [6.07, 6.45) is 0. The molecule has 4 rings (SSSR count). The van der Waals surface area contributed by atoms with E-state index in [4.69, 9.17) is 14.0 Å². The smallest absolute Gasteiger partial charge is 0.290 e. The first-order chi connectivity index (χ1) is 17.0. The Labute approximate surface area is 218 Å². The average Bonchev–Trinajstić information content (AvgIpc) is 3.27. The van der Waals surface area contributed by atoms with E-state index < -0.39 is 0 Å². The minimum Gasteiger partial charge on any atom is -0.488 e. The molecule has 1 amide bonds. The lowest BCUT2D eigenvalue weighted by atomic mass is 9.97. The van der Waals surface area contributed by atoms with Crippen molar-refractivity contribution >= 4 is 28.5 Å². The zero-order valence-electron chi connectivity index (χ0n) is 19.9. The number of carbonyl (C=O) groups excluding carboxylic acids is 1. The van der Waals surface area contributed by atoms with Crippen LogP contribution >= 0.6 is 22.6 Å². The van der Waals surface area contributed by atoms with Gasteiger partial charge in [-0.25, -0.2) is 0 Å². The van der Waals surface area contributed by atoms with Crippen LogP contribution in [0.2, 0.25) is 0 Å². The second-order valence-electron chi connectivity index (χ2n) is 8.34. The molecule has 0 saturated carbocycles. The molecule has 7 heteroatoms. The molecule has 180 valence electrons.